The van der Waals surface area contributed by atoms with E-state index in [0.29, 0.717) is 25.7 Å². The molecular weight excluding hydrogens is 528 g/mol. The Balaban J connectivity index is 1.71. The topological polar surface area (TPSA) is 127 Å². The van der Waals surface area contributed by atoms with Gasteiger partial charge in [-0.15, -0.1) is 0 Å². The summed E-state index contributed by atoms with van der Waals surface area (Å²) in [4.78, 5) is 36.9. The van der Waals surface area contributed by atoms with Crippen molar-refractivity contribution in [2.45, 2.75) is 78.3 Å². The number of carboxylic acid groups (broad SMARTS) is 2. The van der Waals surface area contributed by atoms with E-state index in [4.69, 9.17) is 9.98 Å². The van der Waals surface area contributed by atoms with Crippen LogP contribution in [0.1, 0.15) is 69.0 Å². The first-order valence-corrected chi connectivity index (χ1v) is 14.4. The van der Waals surface area contributed by atoms with E-state index in [1.54, 1.807) is 0 Å². The van der Waals surface area contributed by atoms with E-state index in [1.165, 1.54) is 5.57 Å². The van der Waals surface area contributed by atoms with E-state index in [-0.39, 0.29) is 24.9 Å². The van der Waals surface area contributed by atoms with Gasteiger partial charge in [-0.25, -0.2) is 0 Å². The lowest BCUT2D eigenvalue weighted by Gasteiger charge is -2.15. The lowest BCUT2D eigenvalue weighted by atomic mass is 9.95. The number of aliphatic imine (C=N–C) groups is 2. The number of hydrogen-bond acceptors (Lipinski definition) is 5. The maximum atomic E-state index is 11.5. The molecule has 5 rings (SSSR count). The van der Waals surface area contributed by atoms with Crippen LogP contribution in [0.15, 0.2) is 86.2 Å². The number of H-pyrrole nitrogens is 1. The smallest absolute Gasteiger partial charge is 0.303 e. The Morgan fingerprint density at radius 3 is 2.38 bits per heavy atom. The standard InChI is InChI=1S/C34H38N4O4/c1-7-21-17(3)25-13-26-19(5)23(9-11-33(39)40)31(37-26)16-32-24(10-12-34(41)42)20(6)28(38-32)15-30-22(8-2)18(4)27(36-30)14-29(21)35-25/h7-8,14,16,25,30,35,38H,1-2,9-13,15H2,3-6H3,(H,39,40)(H,41,42)/b29-14-,31-16-. The quantitative estimate of drug-likeness (QED) is 0.309. The van der Waals surface area contributed by atoms with Gasteiger partial charge in [-0.1, -0.05) is 25.3 Å². The van der Waals surface area contributed by atoms with E-state index < -0.39 is 11.9 Å². The number of carbonyl (C=O) groups is 2. The monoisotopic (exact) mass is 566 g/mol. The van der Waals surface area contributed by atoms with Gasteiger partial charge in [0.05, 0.1) is 23.5 Å². The fourth-order valence-electron chi connectivity index (χ4n) is 6.48. The molecule has 0 aromatic carbocycles. The molecule has 8 bridgehead atoms. The minimum atomic E-state index is -0.860. The largest absolute Gasteiger partial charge is 0.481 e. The van der Waals surface area contributed by atoms with Gasteiger partial charge < -0.3 is 20.5 Å². The van der Waals surface area contributed by atoms with E-state index in [0.717, 1.165) is 73.2 Å². The molecule has 1 aromatic rings. The summed E-state index contributed by atoms with van der Waals surface area (Å²) in [5.74, 6) is -1.72. The molecule has 5 heterocycles. The molecule has 8 nitrogen and oxygen atoms in total. The summed E-state index contributed by atoms with van der Waals surface area (Å²) in [6.07, 6.45) is 9.80. The number of nitrogens with zero attached hydrogens (tertiary/aromatic N) is 2. The summed E-state index contributed by atoms with van der Waals surface area (Å²) in [6, 6.07) is -0.136. The molecule has 1 aromatic heterocycles. The number of carboxylic acids is 2. The molecule has 0 aliphatic carbocycles. The van der Waals surface area contributed by atoms with E-state index in [1.807, 2.05) is 32.1 Å². The van der Waals surface area contributed by atoms with Crippen LogP contribution in [0, 0.1) is 6.92 Å². The maximum absolute atomic E-state index is 11.5. The number of fused-ring (bicyclic) bond motifs is 6. The third kappa shape index (κ3) is 5.29. The van der Waals surface area contributed by atoms with Crippen LogP contribution in [0.25, 0.3) is 6.08 Å². The zero-order chi connectivity index (χ0) is 30.3. The minimum absolute atomic E-state index is 0.000389. The molecule has 0 spiro atoms. The number of aromatic nitrogens is 1. The second-order valence-electron chi connectivity index (χ2n) is 11.4. The van der Waals surface area contributed by atoms with Crippen molar-refractivity contribution in [1.29, 1.82) is 0 Å². The molecule has 0 radical (unpaired) electrons. The average molecular weight is 567 g/mol. The Labute approximate surface area is 246 Å². The van der Waals surface area contributed by atoms with Crippen LogP contribution in [0.4, 0.5) is 0 Å². The highest BCUT2D eigenvalue weighted by Gasteiger charge is 2.32. The summed E-state index contributed by atoms with van der Waals surface area (Å²) < 4.78 is 0. The van der Waals surface area contributed by atoms with E-state index in [9.17, 15) is 19.8 Å². The van der Waals surface area contributed by atoms with E-state index >= 15 is 0 Å². The second-order valence-corrected chi connectivity index (χ2v) is 11.4. The van der Waals surface area contributed by atoms with Crippen molar-refractivity contribution in [2.75, 3.05) is 0 Å². The Morgan fingerprint density at radius 2 is 1.71 bits per heavy atom. The molecule has 0 saturated carbocycles. The molecule has 0 amide bonds. The molecule has 4 N–H and O–H groups in total. The molecule has 4 aliphatic rings. The zero-order valence-corrected chi connectivity index (χ0v) is 24.7. The van der Waals surface area contributed by atoms with Gasteiger partial charge >= 0.3 is 11.9 Å². The Morgan fingerprint density at radius 1 is 1.00 bits per heavy atom. The average Bonchev–Trinajstić information content (AvgIpc) is 3.59. The summed E-state index contributed by atoms with van der Waals surface area (Å²) in [5.41, 5.74) is 13.5. The lowest BCUT2D eigenvalue weighted by Crippen LogP contribution is -2.27. The van der Waals surface area contributed by atoms with Gasteiger partial charge in [0.25, 0.3) is 0 Å². The van der Waals surface area contributed by atoms with Crippen LogP contribution in [0.2, 0.25) is 0 Å². The van der Waals surface area contributed by atoms with Gasteiger partial charge in [-0.3, -0.25) is 19.6 Å². The van der Waals surface area contributed by atoms with Gasteiger partial charge in [-0.05, 0) is 97.3 Å². The highest BCUT2D eigenvalue weighted by Crippen LogP contribution is 2.37. The maximum Gasteiger partial charge on any atom is 0.303 e. The first-order chi connectivity index (χ1) is 20.0. The molecule has 2 atom stereocenters. The third-order valence-electron chi connectivity index (χ3n) is 8.96. The van der Waals surface area contributed by atoms with Crippen molar-refractivity contribution in [1.82, 2.24) is 10.3 Å². The number of allylic oxidation sites excluding steroid dienone is 5. The zero-order valence-electron chi connectivity index (χ0n) is 24.7. The predicted molar refractivity (Wildman–Crippen MR) is 167 cm³/mol. The van der Waals surface area contributed by atoms with Crippen LogP contribution in [-0.4, -0.2) is 50.6 Å². The number of rotatable bonds is 8. The van der Waals surface area contributed by atoms with Crippen molar-refractivity contribution in [2.24, 2.45) is 9.98 Å². The summed E-state index contributed by atoms with van der Waals surface area (Å²) >= 11 is 0. The minimum Gasteiger partial charge on any atom is -0.481 e. The van der Waals surface area contributed by atoms with Gasteiger partial charge in [0.2, 0.25) is 0 Å². The first kappa shape index (κ1) is 29.0. The second kappa shape index (κ2) is 11.4. The summed E-state index contributed by atoms with van der Waals surface area (Å²) in [7, 11) is 0. The molecule has 218 valence electrons. The lowest BCUT2D eigenvalue weighted by molar-refractivity contribution is -0.138. The van der Waals surface area contributed by atoms with Gasteiger partial charge in [-0.2, -0.15) is 0 Å². The Bertz CT molecular complexity index is 1640. The third-order valence-corrected chi connectivity index (χ3v) is 8.96. The van der Waals surface area contributed by atoms with Crippen molar-refractivity contribution in [3.8, 4) is 0 Å². The molecule has 0 saturated heterocycles. The van der Waals surface area contributed by atoms with Crippen molar-refractivity contribution < 1.29 is 19.8 Å². The SMILES string of the molecule is C=CC1=C(C)C2CC3=N/C(=C\c4[nH]c(c(C)c4CCC(=O)O)CC4N=C(/C=C/1N2)C(C)=C4C=C)C(CCC(=O)O)=C3C. The molecule has 8 heteroatoms. The van der Waals surface area contributed by atoms with Crippen molar-refractivity contribution in [3.05, 3.63) is 98.7 Å². The number of nitrogens with one attached hydrogen (secondary N) is 2. The van der Waals surface area contributed by atoms with Crippen molar-refractivity contribution in [3.63, 3.8) is 0 Å². The summed E-state index contributed by atoms with van der Waals surface area (Å²) in [5, 5.41) is 22.6. The van der Waals surface area contributed by atoms with Crippen LogP contribution in [0.5, 0.6) is 0 Å². The number of aromatic amines is 1. The fourth-order valence-corrected chi connectivity index (χ4v) is 6.48. The molecular formula is C34H38N4O4. The van der Waals surface area contributed by atoms with Gasteiger partial charge in [0.15, 0.2) is 0 Å². The molecule has 2 unspecified atom stereocenters. The first-order valence-electron chi connectivity index (χ1n) is 14.4. The highest BCUT2D eigenvalue weighted by molar-refractivity contribution is 6.11. The molecule has 42 heavy (non-hydrogen) atoms. The molecule has 0 fully saturated rings. The molecule has 4 aliphatic heterocycles. The van der Waals surface area contributed by atoms with Gasteiger partial charge in [0.1, 0.15) is 0 Å². The van der Waals surface area contributed by atoms with E-state index in [2.05, 4.69) is 43.4 Å². The normalized spacial score (nSPS) is 24.1. The van der Waals surface area contributed by atoms with Gasteiger partial charge in [0, 0.05) is 48.5 Å². The van der Waals surface area contributed by atoms with Crippen LogP contribution < -0.4 is 5.32 Å². The van der Waals surface area contributed by atoms with Crippen molar-refractivity contribution >= 4 is 29.4 Å². The highest BCUT2D eigenvalue weighted by atomic mass is 16.4. The number of hydrogen-bond donors (Lipinski definition) is 4. The Hall–Kier alpha value is -4.46. The van der Waals surface area contributed by atoms with Crippen LogP contribution in [-0.2, 0) is 22.4 Å². The predicted octanol–water partition coefficient (Wildman–Crippen LogP) is 5.95. The fraction of sp³-hybridized carbons (Fsp3) is 0.353. The Kier molecular flexibility index (Phi) is 7.91. The number of aliphatic carboxylic acids is 2. The van der Waals surface area contributed by atoms with Crippen LogP contribution in [0.3, 0.4) is 0 Å². The van der Waals surface area contributed by atoms with Crippen LogP contribution >= 0.6 is 0 Å². The summed E-state index contributed by atoms with van der Waals surface area (Å²) in [6.45, 7) is 16.4.